The van der Waals surface area contributed by atoms with Gasteiger partial charge in [0.25, 0.3) is 0 Å². The van der Waals surface area contributed by atoms with Gasteiger partial charge in [-0.05, 0) is 0 Å². The van der Waals surface area contributed by atoms with E-state index in [-0.39, 0.29) is 0 Å². The van der Waals surface area contributed by atoms with E-state index >= 15 is 0 Å². The molecule has 0 bridgehead atoms. The van der Waals surface area contributed by atoms with Gasteiger partial charge in [-0.2, -0.15) is 0 Å². The first-order valence-corrected chi connectivity index (χ1v) is 8.10. The molecule has 1 radical (unpaired) electrons. The average molecular weight is 263 g/mol. The second-order valence-electron chi connectivity index (χ2n) is 1.80. The fourth-order valence-corrected chi connectivity index (χ4v) is 2.87. The van der Waals surface area contributed by atoms with Crippen molar-refractivity contribution in [3.05, 3.63) is 24.3 Å². The van der Waals surface area contributed by atoms with Crippen molar-refractivity contribution in [1.29, 1.82) is 0 Å². The van der Waals surface area contributed by atoms with Crippen molar-refractivity contribution in [3.8, 4) is 0 Å². The molecule has 0 N–H and O–H groups in total. The predicted octanol–water partition coefficient (Wildman–Crippen LogP) is 0.242. The summed E-state index contributed by atoms with van der Waals surface area (Å²) < 4.78 is 2.89. The molecule has 53 valence electrons. The molecule has 1 aromatic rings. The fourth-order valence-electron chi connectivity index (χ4n) is 0.670. The van der Waals surface area contributed by atoms with Crippen LogP contribution in [0.1, 0.15) is 0 Å². The molecule has 0 aromatic heterocycles. The maximum absolute atomic E-state index is 3.23. The molecule has 10 heavy (non-hydrogen) atoms. The van der Waals surface area contributed by atoms with Crippen LogP contribution in [0.3, 0.4) is 0 Å². The molecule has 2 heteroatoms. The zero-order valence-corrected chi connectivity index (χ0v) is 9.47. The van der Waals surface area contributed by atoms with Crippen LogP contribution in [0.15, 0.2) is 18.2 Å². The molecule has 0 saturated heterocycles. The van der Waals surface area contributed by atoms with Crippen LogP contribution in [0.5, 0.6) is 0 Å². The van der Waals surface area contributed by atoms with Gasteiger partial charge in [0.2, 0.25) is 0 Å². The van der Waals surface area contributed by atoms with Gasteiger partial charge in [0, 0.05) is 0 Å². The van der Waals surface area contributed by atoms with Crippen LogP contribution in [0, 0.1) is 6.07 Å². The van der Waals surface area contributed by atoms with Gasteiger partial charge in [0.15, 0.2) is 0 Å². The van der Waals surface area contributed by atoms with Gasteiger partial charge in [-0.1, -0.05) is 0 Å². The van der Waals surface area contributed by atoms with Crippen molar-refractivity contribution in [2.45, 2.75) is 11.6 Å². The fraction of sp³-hybridized carbons (Fsp3) is 0.250. The summed E-state index contributed by atoms with van der Waals surface area (Å²) >= 11 is 1.26. The Morgan fingerprint density at radius 1 is 1.30 bits per heavy atom. The molecule has 1 rings (SSSR count). The van der Waals surface area contributed by atoms with E-state index in [1.165, 1.54) is 8.92 Å². The Bertz CT molecular complexity index is 189. The SMILES string of the molecule is C[Se]c1[c]ccc([Se]C)c1. The molecule has 0 atom stereocenters. The molecule has 0 heterocycles. The van der Waals surface area contributed by atoms with Gasteiger partial charge in [0.1, 0.15) is 0 Å². The van der Waals surface area contributed by atoms with Crippen LogP contribution < -0.4 is 8.92 Å². The third kappa shape index (κ3) is 2.14. The van der Waals surface area contributed by atoms with Gasteiger partial charge in [0.05, 0.1) is 0 Å². The Labute approximate surface area is 74.7 Å². The summed E-state index contributed by atoms with van der Waals surface area (Å²) in [6, 6.07) is 9.71. The van der Waals surface area contributed by atoms with Gasteiger partial charge in [-0.15, -0.1) is 0 Å². The van der Waals surface area contributed by atoms with E-state index in [4.69, 9.17) is 0 Å². The summed E-state index contributed by atoms with van der Waals surface area (Å²) in [7, 11) is 0. The first-order chi connectivity index (χ1) is 4.86. The third-order valence-electron chi connectivity index (χ3n) is 1.20. The van der Waals surface area contributed by atoms with E-state index in [1.54, 1.807) is 0 Å². The maximum atomic E-state index is 3.23. The van der Waals surface area contributed by atoms with Crippen LogP contribution in [0.4, 0.5) is 0 Å². The monoisotopic (exact) mass is 265 g/mol. The van der Waals surface area contributed by atoms with E-state index in [0.29, 0.717) is 29.9 Å². The molecule has 0 saturated carbocycles. The minimum atomic E-state index is 0.612. The summed E-state index contributed by atoms with van der Waals surface area (Å²) in [4.78, 5) is 0. The standard InChI is InChI=1S/C8H9Se2/c1-9-7-4-3-5-8(6-7)10-2/h3-4,6H,1-2H3. The molecule has 0 unspecified atom stereocenters. The van der Waals surface area contributed by atoms with Crippen molar-refractivity contribution >= 4 is 38.8 Å². The van der Waals surface area contributed by atoms with Crippen molar-refractivity contribution in [3.63, 3.8) is 0 Å². The molecule has 0 aliphatic carbocycles. The Morgan fingerprint density at radius 3 is 2.70 bits per heavy atom. The first kappa shape index (κ1) is 8.36. The topological polar surface area (TPSA) is 0 Å². The molecule has 0 aliphatic rings. The third-order valence-corrected chi connectivity index (χ3v) is 4.14. The molecular formula is C8H9Se2. The minimum absolute atomic E-state index is 0.612. The molecule has 0 fully saturated rings. The summed E-state index contributed by atoms with van der Waals surface area (Å²) in [5, 5.41) is 0. The molecule has 1 aromatic carbocycles. The predicted molar refractivity (Wildman–Crippen MR) is 47.8 cm³/mol. The Kier molecular flexibility index (Phi) is 3.51. The van der Waals surface area contributed by atoms with Crippen molar-refractivity contribution in [1.82, 2.24) is 0 Å². The molecular weight excluding hydrogens is 254 g/mol. The number of hydrogen-bond donors (Lipinski definition) is 0. The van der Waals surface area contributed by atoms with Crippen LogP contribution >= 0.6 is 0 Å². The van der Waals surface area contributed by atoms with Gasteiger partial charge in [-0.25, -0.2) is 0 Å². The zero-order valence-electron chi connectivity index (χ0n) is 6.05. The summed E-state index contributed by atoms with van der Waals surface area (Å²) in [5.41, 5.74) is 0. The van der Waals surface area contributed by atoms with Gasteiger partial charge < -0.3 is 0 Å². The van der Waals surface area contributed by atoms with Crippen LogP contribution in [0.25, 0.3) is 0 Å². The Morgan fingerprint density at radius 2 is 2.10 bits per heavy atom. The van der Waals surface area contributed by atoms with Crippen LogP contribution in [-0.2, 0) is 0 Å². The molecule has 0 aliphatic heterocycles. The first-order valence-electron chi connectivity index (χ1n) is 2.96. The van der Waals surface area contributed by atoms with Crippen molar-refractivity contribution < 1.29 is 0 Å². The molecule has 0 spiro atoms. The van der Waals surface area contributed by atoms with E-state index in [2.05, 4.69) is 29.8 Å². The summed E-state index contributed by atoms with van der Waals surface area (Å²) in [5.74, 6) is 4.47. The van der Waals surface area contributed by atoms with E-state index in [0.717, 1.165) is 0 Å². The number of rotatable bonds is 2. The van der Waals surface area contributed by atoms with Crippen LogP contribution in [0.2, 0.25) is 11.6 Å². The number of hydrogen-bond acceptors (Lipinski definition) is 0. The average Bonchev–Trinajstić information content (AvgIpc) is 2.05. The van der Waals surface area contributed by atoms with Gasteiger partial charge in [-0.3, -0.25) is 0 Å². The molecule has 0 amide bonds. The quantitative estimate of drug-likeness (QED) is 0.671. The van der Waals surface area contributed by atoms with E-state index in [1.807, 2.05) is 6.07 Å². The zero-order chi connectivity index (χ0) is 7.40. The second-order valence-corrected chi connectivity index (χ2v) is 5.42. The second kappa shape index (κ2) is 4.20. The summed E-state index contributed by atoms with van der Waals surface area (Å²) in [6.07, 6.45) is 0. The van der Waals surface area contributed by atoms with E-state index in [9.17, 15) is 0 Å². The van der Waals surface area contributed by atoms with Crippen LogP contribution in [-0.4, -0.2) is 29.9 Å². The van der Waals surface area contributed by atoms with Gasteiger partial charge >= 0.3 is 74.7 Å². The number of benzene rings is 1. The van der Waals surface area contributed by atoms with E-state index < -0.39 is 0 Å². The van der Waals surface area contributed by atoms with Crippen molar-refractivity contribution in [2.75, 3.05) is 0 Å². The Hall–Kier alpha value is 0.259. The normalized spacial score (nSPS) is 9.80. The van der Waals surface area contributed by atoms with Crippen molar-refractivity contribution in [2.24, 2.45) is 0 Å². The Balaban J connectivity index is 2.87. The summed E-state index contributed by atoms with van der Waals surface area (Å²) in [6.45, 7) is 0. The molecule has 0 nitrogen and oxygen atoms in total.